The first kappa shape index (κ1) is 12.5. The van der Waals surface area contributed by atoms with Crippen molar-refractivity contribution >= 4 is 5.91 Å². The molecule has 1 aliphatic heterocycles. The van der Waals surface area contributed by atoms with Crippen LogP contribution in [0.1, 0.15) is 64.2 Å². The molecule has 2 bridgehead atoms. The molecule has 2 atom stereocenters. The number of hydrogen-bond acceptors (Lipinski definition) is 1. The third-order valence-electron chi connectivity index (χ3n) is 5.45. The van der Waals surface area contributed by atoms with E-state index in [0.717, 1.165) is 37.3 Å². The van der Waals surface area contributed by atoms with Crippen LogP contribution in [0.25, 0.3) is 0 Å². The summed E-state index contributed by atoms with van der Waals surface area (Å²) in [4.78, 5) is 14.1. The number of nitrogens with zero attached hydrogens (tertiary/aromatic N) is 1. The molecule has 0 spiro atoms. The number of fused-ring (bicyclic) bond motifs is 2. The molecule has 0 aromatic carbocycles. The van der Waals surface area contributed by atoms with Gasteiger partial charge in [0, 0.05) is 19.5 Å². The second-order valence-electron chi connectivity index (χ2n) is 6.86. The Bertz CT molecular complexity index is 283. The Labute approximate surface area is 111 Å². The summed E-state index contributed by atoms with van der Waals surface area (Å²) in [6.07, 6.45) is 13.2. The second-order valence-corrected chi connectivity index (χ2v) is 6.86. The van der Waals surface area contributed by atoms with Crippen LogP contribution in [-0.2, 0) is 4.79 Å². The van der Waals surface area contributed by atoms with E-state index in [1.54, 1.807) is 0 Å². The minimum absolute atomic E-state index is 0.434. The van der Waals surface area contributed by atoms with Crippen LogP contribution in [0.4, 0.5) is 0 Å². The molecule has 0 aromatic rings. The summed E-state index contributed by atoms with van der Waals surface area (Å²) in [6.45, 7) is 2.05. The van der Waals surface area contributed by atoms with E-state index in [9.17, 15) is 4.79 Å². The van der Waals surface area contributed by atoms with E-state index in [2.05, 4.69) is 4.90 Å². The van der Waals surface area contributed by atoms with Crippen LogP contribution in [0.3, 0.4) is 0 Å². The van der Waals surface area contributed by atoms with Crippen molar-refractivity contribution in [3.05, 3.63) is 0 Å². The van der Waals surface area contributed by atoms with E-state index in [1.807, 2.05) is 0 Å². The molecule has 0 radical (unpaired) electrons. The van der Waals surface area contributed by atoms with Crippen molar-refractivity contribution in [2.75, 3.05) is 13.1 Å². The minimum Gasteiger partial charge on any atom is -0.343 e. The molecule has 2 heteroatoms. The molecule has 0 aromatic heterocycles. The third-order valence-corrected chi connectivity index (χ3v) is 5.45. The SMILES string of the molecule is O=C(CCC1CC2CCCC(C2)C1)N1CCCC1. The lowest BCUT2D eigenvalue weighted by Gasteiger charge is -2.39. The highest BCUT2D eigenvalue weighted by Crippen LogP contribution is 2.43. The highest BCUT2D eigenvalue weighted by molar-refractivity contribution is 5.76. The van der Waals surface area contributed by atoms with Gasteiger partial charge in [0.15, 0.2) is 0 Å². The van der Waals surface area contributed by atoms with E-state index in [1.165, 1.54) is 57.8 Å². The molecule has 0 N–H and O–H groups in total. The smallest absolute Gasteiger partial charge is 0.222 e. The van der Waals surface area contributed by atoms with Gasteiger partial charge in [0.1, 0.15) is 0 Å². The van der Waals surface area contributed by atoms with Gasteiger partial charge in [-0.3, -0.25) is 4.79 Å². The first-order chi connectivity index (χ1) is 8.81. The van der Waals surface area contributed by atoms with Crippen molar-refractivity contribution in [1.82, 2.24) is 4.90 Å². The van der Waals surface area contributed by atoms with E-state index < -0.39 is 0 Å². The molecule has 2 saturated carbocycles. The maximum atomic E-state index is 12.1. The predicted molar refractivity (Wildman–Crippen MR) is 73.2 cm³/mol. The molecule has 3 aliphatic rings. The van der Waals surface area contributed by atoms with Crippen LogP contribution >= 0.6 is 0 Å². The zero-order chi connectivity index (χ0) is 12.4. The fourth-order valence-corrected chi connectivity index (χ4v) is 4.56. The Hall–Kier alpha value is -0.530. The van der Waals surface area contributed by atoms with Gasteiger partial charge in [-0.05, 0) is 56.3 Å². The minimum atomic E-state index is 0.434. The summed E-state index contributed by atoms with van der Waals surface area (Å²) in [7, 11) is 0. The average Bonchev–Trinajstić information content (AvgIpc) is 2.89. The fourth-order valence-electron chi connectivity index (χ4n) is 4.56. The van der Waals surface area contributed by atoms with Crippen molar-refractivity contribution in [1.29, 1.82) is 0 Å². The second kappa shape index (κ2) is 5.63. The molecule has 102 valence electrons. The van der Waals surface area contributed by atoms with Gasteiger partial charge in [-0.25, -0.2) is 0 Å². The third kappa shape index (κ3) is 2.89. The molecular formula is C16H27NO. The molecule has 18 heavy (non-hydrogen) atoms. The van der Waals surface area contributed by atoms with E-state index in [-0.39, 0.29) is 0 Å². The van der Waals surface area contributed by atoms with Gasteiger partial charge in [-0.1, -0.05) is 19.3 Å². The molecule has 2 nitrogen and oxygen atoms in total. The zero-order valence-corrected chi connectivity index (χ0v) is 11.6. The maximum absolute atomic E-state index is 12.1. The van der Waals surface area contributed by atoms with Gasteiger partial charge < -0.3 is 4.90 Å². The Morgan fingerprint density at radius 3 is 2.28 bits per heavy atom. The zero-order valence-electron chi connectivity index (χ0n) is 11.6. The lowest BCUT2D eigenvalue weighted by atomic mass is 9.67. The van der Waals surface area contributed by atoms with Crippen LogP contribution < -0.4 is 0 Å². The lowest BCUT2D eigenvalue weighted by molar-refractivity contribution is -0.130. The van der Waals surface area contributed by atoms with E-state index in [4.69, 9.17) is 0 Å². The van der Waals surface area contributed by atoms with Gasteiger partial charge in [0.25, 0.3) is 0 Å². The predicted octanol–water partition coefficient (Wildman–Crippen LogP) is 3.61. The van der Waals surface area contributed by atoms with Gasteiger partial charge >= 0.3 is 0 Å². The molecule has 1 amide bonds. The lowest BCUT2D eigenvalue weighted by Crippen LogP contribution is -2.30. The molecular weight excluding hydrogens is 222 g/mol. The first-order valence-corrected chi connectivity index (χ1v) is 8.09. The number of carbonyl (C=O) groups excluding carboxylic acids is 1. The largest absolute Gasteiger partial charge is 0.343 e. The molecule has 3 rings (SSSR count). The normalized spacial score (nSPS) is 35.8. The van der Waals surface area contributed by atoms with Gasteiger partial charge in [-0.15, -0.1) is 0 Å². The van der Waals surface area contributed by atoms with Crippen molar-refractivity contribution in [3.8, 4) is 0 Å². The quantitative estimate of drug-likeness (QED) is 0.748. The van der Waals surface area contributed by atoms with Crippen molar-refractivity contribution < 1.29 is 4.79 Å². The Morgan fingerprint density at radius 1 is 0.944 bits per heavy atom. The molecule has 3 fully saturated rings. The van der Waals surface area contributed by atoms with Gasteiger partial charge in [-0.2, -0.15) is 0 Å². The Morgan fingerprint density at radius 2 is 1.61 bits per heavy atom. The summed E-state index contributed by atoms with van der Waals surface area (Å²) in [5, 5.41) is 0. The van der Waals surface area contributed by atoms with E-state index in [0.29, 0.717) is 5.91 Å². The monoisotopic (exact) mass is 249 g/mol. The standard InChI is InChI=1S/C16H27NO/c18-16(17-8-1-2-9-17)7-6-15-11-13-4-3-5-14(10-13)12-15/h13-15H,1-12H2. The Kier molecular flexibility index (Phi) is 3.91. The summed E-state index contributed by atoms with van der Waals surface area (Å²) >= 11 is 0. The van der Waals surface area contributed by atoms with Crippen molar-refractivity contribution in [2.24, 2.45) is 17.8 Å². The Balaban J connectivity index is 1.44. The molecule has 2 unspecified atom stereocenters. The summed E-state index contributed by atoms with van der Waals surface area (Å²) < 4.78 is 0. The van der Waals surface area contributed by atoms with Crippen LogP contribution in [0.15, 0.2) is 0 Å². The highest BCUT2D eigenvalue weighted by atomic mass is 16.2. The summed E-state index contributed by atoms with van der Waals surface area (Å²) in [5.41, 5.74) is 0. The van der Waals surface area contributed by atoms with Crippen LogP contribution in [0, 0.1) is 17.8 Å². The summed E-state index contributed by atoms with van der Waals surface area (Å²) in [5.74, 6) is 3.30. The van der Waals surface area contributed by atoms with Crippen LogP contribution in [0.5, 0.6) is 0 Å². The number of likely N-dealkylation sites (tertiary alicyclic amines) is 1. The van der Waals surface area contributed by atoms with Crippen molar-refractivity contribution in [2.45, 2.75) is 64.2 Å². The van der Waals surface area contributed by atoms with Crippen LogP contribution in [-0.4, -0.2) is 23.9 Å². The maximum Gasteiger partial charge on any atom is 0.222 e. The first-order valence-electron chi connectivity index (χ1n) is 8.09. The topological polar surface area (TPSA) is 20.3 Å². The van der Waals surface area contributed by atoms with Gasteiger partial charge in [0.2, 0.25) is 5.91 Å². The highest BCUT2D eigenvalue weighted by Gasteiger charge is 2.32. The molecule has 1 saturated heterocycles. The number of rotatable bonds is 3. The van der Waals surface area contributed by atoms with Gasteiger partial charge in [0.05, 0.1) is 0 Å². The molecule has 2 aliphatic carbocycles. The summed E-state index contributed by atoms with van der Waals surface area (Å²) in [6, 6.07) is 0. The number of amides is 1. The van der Waals surface area contributed by atoms with Crippen LogP contribution in [0.2, 0.25) is 0 Å². The number of hydrogen-bond donors (Lipinski definition) is 0. The van der Waals surface area contributed by atoms with E-state index >= 15 is 0 Å². The average molecular weight is 249 g/mol. The number of carbonyl (C=O) groups is 1. The van der Waals surface area contributed by atoms with Crippen molar-refractivity contribution in [3.63, 3.8) is 0 Å². The molecule has 1 heterocycles. The fraction of sp³-hybridized carbons (Fsp3) is 0.938.